The molecular weight excluding hydrogens is 548 g/mol. The van der Waals surface area contributed by atoms with Crippen molar-refractivity contribution in [2.24, 2.45) is 11.8 Å². The van der Waals surface area contributed by atoms with Gasteiger partial charge in [0.1, 0.15) is 19.2 Å². The third kappa shape index (κ3) is 7.77. The molecule has 1 aromatic carbocycles. The number of hydrogen-bond donors (Lipinski definition) is 3. The fourth-order valence-corrected chi connectivity index (χ4v) is 6.43. The highest BCUT2D eigenvalue weighted by Gasteiger charge is 2.40. The van der Waals surface area contributed by atoms with Gasteiger partial charge in [0, 0.05) is 36.9 Å². The SMILES string of the molecule is CCC(C)[C@@H]1NC(=O)[C@H](Cc2cn(OC)c3ccccc23)NC(=O)[C@H](CCCCC(C)O)CC(=O)[C@H]2CCCCN2C1=O. The summed E-state index contributed by atoms with van der Waals surface area (Å²) in [5.41, 5.74) is 1.65. The minimum absolute atomic E-state index is 0.0142. The molecule has 3 amide bonds. The molecule has 0 saturated carbocycles. The number of rotatable bonds is 10. The van der Waals surface area contributed by atoms with Crippen molar-refractivity contribution >= 4 is 34.4 Å². The van der Waals surface area contributed by atoms with E-state index in [0.29, 0.717) is 38.6 Å². The lowest BCUT2D eigenvalue weighted by atomic mass is 9.87. The van der Waals surface area contributed by atoms with Gasteiger partial charge in [-0.2, -0.15) is 4.73 Å². The van der Waals surface area contributed by atoms with Gasteiger partial charge in [0.05, 0.1) is 17.7 Å². The molecule has 0 radical (unpaired) electrons. The molecule has 2 saturated heterocycles. The van der Waals surface area contributed by atoms with Gasteiger partial charge in [-0.1, -0.05) is 51.3 Å². The number of carbonyl (C=O) groups excluding carboxylic acids is 4. The van der Waals surface area contributed by atoms with E-state index in [2.05, 4.69) is 10.6 Å². The van der Waals surface area contributed by atoms with Crippen LogP contribution in [0.1, 0.15) is 84.1 Å². The largest absolute Gasteiger partial charge is 0.417 e. The summed E-state index contributed by atoms with van der Waals surface area (Å²) in [6, 6.07) is 5.32. The van der Waals surface area contributed by atoms with Gasteiger partial charge in [-0.3, -0.25) is 19.2 Å². The molecule has 2 fully saturated rings. The minimum Gasteiger partial charge on any atom is -0.417 e. The number of aliphatic hydroxyl groups excluding tert-OH is 1. The Bertz CT molecular complexity index is 1290. The van der Waals surface area contributed by atoms with Crippen molar-refractivity contribution in [2.75, 3.05) is 13.7 Å². The standard InChI is InChI=1S/C33H48N4O6/c1-5-21(2)30-33(42)36-17-11-10-16-28(36)29(39)19-23(13-7-6-12-22(3)38)31(40)34-26(32(41)35-30)18-24-20-37(43-4)27-15-9-8-14-25(24)27/h8-9,14-15,20-23,26,28,30,38H,5-7,10-13,16-19H2,1-4H3,(H,34,40)(H,35,41)/t21?,22?,23-,26+,28-,30+/m1/s1. The number of fused-ring (bicyclic) bond motifs is 2. The van der Waals surface area contributed by atoms with Crippen LogP contribution in [0.3, 0.4) is 0 Å². The Morgan fingerprint density at radius 3 is 2.53 bits per heavy atom. The molecule has 43 heavy (non-hydrogen) atoms. The van der Waals surface area contributed by atoms with E-state index in [0.717, 1.165) is 35.7 Å². The number of nitrogens with zero attached hydrogens (tertiary/aromatic N) is 2. The fourth-order valence-electron chi connectivity index (χ4n) is 6.43. The molecule has 10 heteroatoms. The first kappa shape index (κ1) is 32.5. The first-order valence-corrected chi connectivity index (χ1v) is 15.9. The number of aliphatic hydroxyl groups is 1. The molecule has 2 unspecified atom stereocenters. The minimum atomic E-state index is -0.963. The maximum atomic E-state index is 14.0. The zero-order chi connectivity index (χ0) is 31.1. The normalized spacial score (nSPS) is 25.3. The van der Waals surface area contributed by atoms with Crippen molar-refractivity contribution < 1.29 is 29.1 Å². The number of ketones is 1. The molecule has 0 aliphatic carbocycles. The summed E-state index contributed by atoms with van der Waals surface area (Å²) in [5, 5.41) is 16.6. The monoisotopic (exact) mass is 596 g/mol. The number of hydrogen-bond acceptors (Lipinski definition) is 6. The van der Waals surface area contributed by atoms with Crippen LogP contribution >= 0.6 is 0 Å². The maximum absolute atomic E-state index is 14.0. The molecule has 6 atom stereocenters. The molecule has 10 nitrogen and oxygen atoms in total. The van der Waals surface area contributed by atoms with Crippen LogP contribution < -0.4 is 15.5 Å². The number of carbonyl (C=O) groups is 4. The lowest BCUT2D eigenvalue weighted by Crippen LogP contribution is -2.61. The first-order chi connectivity index (χ1) is 20.6. The molecule has 2 aliphatic rings. The van der Waals surface area contributed by atoms with Crippen LogP contribution in [-0.2, 0) is 25.6 Å². The average Bonchev–Trinajstić information content (AvgIpc) is 3.36. The van der Waals surface area contributed by atoms with Crippen LogP contribution in [0.4, 0.5) is 0 Å². The van der Waals surface area contributed by atoms with Gasteiger partial charge in [-0.15, -0.1) is 0 Å². The molecule has 0 bridgehead atoms. The molecule has 2 aromatic rings. The van der Waals surface area contributed by atoms with Crippen LogP contribution in [0.5, 0.6) is 0 Å². The van der Waals surface area contributed by atoms with Gasteiger partial charge < -0.3 is 25.5 Å². The van der Waals surface area contributed by atoms with Gasteiger partial charge in [0.2, 0.25) is 17.7 Å². The van der Waals surface area contributed by atoms with E-state index in [1.165, 1.54) is 0 Å². The van der Waals surface area contributed by atoms with Crippen LogP contribution in [0, 0.1) is 11.8 Å². The summed E-state index contributed by atoms with van der Waals surface area (Å²) in [6.45, 7) is 6.10. The Morgan fingerprint density at radius 1 is 1.05 bits per heavy atom. The van der Waals surface area contributed by atoms with Gasteiger partial charge in [0.25, 0.3) is 0 Å². The summed E-state index contributed by atoms with van der Waals surface area (Å²) >= 11 is 0. The van der Waals surface area contributed by atoms with Crippen molar-refractivity contribution in [3.8, 4) is 0 Å². The first-order valence-electron chi connectivity index (χ1n) is 15.9. The molecule has 0 spiro atoms. The van der Waals surface area contributed by atoms with E-state index in [-0.39, 0.29) is 36.4 Å². The van der Waals surface area contributed by atoms with Crippen LogP contribution in [0.2, 0.25) is 0 Å². The van der Waals surface area contributed by atoms with Crippen molar-refractivity contribution in [2.45, 2.75) is 109 Å². The molecule has 236 valence electrons. The van der Waals surface area contributed by atoms with E-state index >= 15 is 0 Å². The number of benzene rings is 1. The molecule has 1 aromatic heterocycles. The van der Waals surface area contributed by atoms with Crippen molar-refractivity contribution in [1.82, 2.24) is 20.3 Å². The molecular formula is C33H48N4O6. The highest BCUT2D eigenvalue weighted by molar-refractivity contribution is 5.98. The Kier molecular flexibility index (Phi) is 11.2. The Balaban J connectivity index is 1.70. The van der Waals surface area contributed by atoms with Gasteiger partial charge >= 0.3 is 0 Å². The summed E-state index contributed by atoms with van der Waals surface area (Å²) in [4.78, 5) is 62.8. The Labute approximate surface area is 254 Å². The summed E-state index contributed by atoms with van der Waals surface area (Å²) in [6.07, 6.45) is 6.89. The number of piperidine rings is 1. The number of nitrogens with one attached hydrogen (secondary N) is 2. The lowest BCUT2D eigenvalue weighted by molar-refractivity contribution is -0.147. The zero-order valence-electron chi connectivity index (χ0n) is 26.0. The van der Waals surface area contributed by atoms with Crippen LogP contribution in [-0.4, -0.2) is 76.1 Å². The predicted octanol–water partition coefficient (Wildman–Crippen LogP) is 3.17. The van der Waals surface area contributed by atoms with E-state index in [1.54, 1.807) is 23.7 Å². The second-order valence-corrected chi connectivity index (χ2v) is 12.4. The van der Waals surface area contributed by atoms with Crippen molar-refractivity contribution in [3.05, 3.63) is 36.0 Å². The summed E-state index contributed by atoms with van der Waals surface area (Å²) in [5.74, 6) is -1.88. The molecule has 4 rings (SSSR count). The maximum Gasteiger partial charge on any atom is 0.246 e. The number of aromatic nitrogens is 1. The van der Waals surface area contributed by atoms with E-state index < -0.39 is 36.1 Å². The van der Waals surface area contributed by atoms with Crippen molar-refractivity contribution in [3.63, 3.8) is 0 Å². The number of para-hydroxylation sites is 1. The highest BCUT2D eigenvalue weighted by Crippen LogP contribution is 2.27. The van der Waals surface area contributed by atoms with Gasteiger partial charge in [0.15, 0.2) is 5.78 Å². The highest BCUT2D eigenvalue weighted by atomic mass is 16.6. The second-order valence-electron chi connectivity index (χ2n) is 12.4. The number of amides is 3. The van der Waals surface area contributed by atoms with E-state index in [9.17, 15) is 24.3 Å². The zero-order valence-corrected chi connectivity index (χ0v) is 26.0. The van der Waals surface area contributed by atoms with Crippen LogP contribution in [0.25, 0.3) is 10.9 Å². The lowest BCUT2D eigenvalue weighted by Gasteiger charge is -2.39. The quantitative estimate of drug-likeness (QED) is 0.362. The molecule has 3 heterocycles. The molecule has 3 N–H and O–H groups in total. The topological polar surface area (TPSA) is 130 Å². The third-order valence-corrected chi connectivity index (χ3v) is 9.19. The summed E-state index contributed by atoms with van der Waals surface area (Å²) in [7, 11) is 1.57. The second kappa shape index (κ2) is 14.9. The van der Waals surface area contributed by atoms with Crippen LogP contribution in [0.15, 0.2) is 30.5 Å². The summed E-state index contributed by atoms with van der Waals surface area (Å²) < 4.78 is 1.63. The number of unbranched alkanes of at least 4 members (excludes halogenated alkanes) is 1. The van der Waals surface area contributed by atoms with Gasteiger partial charge in [-0.25, -0.2) is 0 Å². The Hall–Kier alpha value is -3.40. The average molecular weight is 597 g/mol. The third-order valence-electron chi connectivity index (χ3n) is 9.19. The van der Waals surface area contributed by atoms with E-state index in [1.807, 2.05) is 44.3 Å². The fraction of sp³-hybridized carbons (Fsp3) is 0.636. The predicted molar refractivity (Wildman–Crippen MR) is 164 cm³/mol. The Morgan fingerprint density at radius 2 is 1.81 bits per heavy atom. The van der Waals surface area contributed by atoms with E-state index in [4.69, 9.17) is 4.84 Å². The van der Waals surface area contributed by atoms with Gasteiger partial charge in [-0.05, 0) is 56.6 Å². The van der Waals surface area contributed by atoms with Crippen molar-refractivity contribution in [1.29, 1.82) is 0 Å². The molecule has 2 aliphatic heterocycles. The smallest absolute Gasteiger partial charge is 0.246 e. The number of Topliss-reactive ketones (excluding diaryl/α,β-unsaturated/α-hetero) is 1.